The number of rotatable bonds is 3. The lowest BCUT2D eigenvalue weighted by atomic mass is 9.69. The maximum Gasteiger partial charge on any atom is 0.321 e. The van der Waals surface area contributed by atoms with E-state index in [1.807, 2.05) is 18.2 Å². The molecule has 0 fully saturated rings. The normalized spacial score (nSPS) is 23.1. The van der Waals surface area contributed by atoms with Crippen molar-refractivity contribution in [3.63, 3.8) is 0 Å². The summed E-state index contributed by atoms with van der Waals surface area (Å²) in [4.78, 5) is 30.4. The minimum Gasteiger partial charge on any atom is -0.465 e. The van der Waals surface area contributed by atoms with Gasteiger partial charge in [0.2, 0.25) is 0 Å². The third-order valence-electron chi connectivity index (χ3n) is 5.52. The lowest BCUT2D eigenvalue weighted by Gasteiger charge is -2.35. The van der Waals surface area contributed by atoms with Gasteiger partial charge in [-0.15, -0.1) is 0 Å². The average Bonchev–Trinajstić information content (AvgIpc) is 3.07. The van der Waals surface area contributed by atoms with Crippen molar-refractivity contribution in [3.05, 3.63) is 45.7 Å². The molecule has 0 radical (unpaired) electrons. The van der Waals surface area contributed by atoms with E-state index < -0.39 is 5.25 Å². The second-order valence-electron chi connectivity index (χ2n) is 7.14. The van der Waals surface area contributed by atoms with Crippen LogP contribution in [0.25, 0.3) is 11.3 Å². The molecule has 1 aliphatic heterocycles. The van der Waals surface area contributed by atoms with Crippen LogP contribution in [0.1, 0.15) is 38.3 Å². The summed E-state index contributed by atoms with van der Waals surface area (Å²) in [5.74, 6) is -0.279. The van der Waals surface area contributed by atoms with Crippen LogP contribution in [-0.4, -0.2) is 27.4 Å². The molecule has 5 nitrogen and oxygen atoms in total. The number of ether oxygens (including phenoxy) is 1. The maximum absolute atomic E-state index is 13.4. The van der Waals surface area contributed by atoms with Crippen molar-refractivity contribution >= 4 is 17.7 Å². The van der Waals surface area contributed by atoms with Gasteiger partial charge < -0.3 is 4.74 Å². The van der Waals surface area contributed by atoms with Gasteiger partial charge in [-0.2, -0.15) is 0 Å². The zero-order valence-electron chi connectivity index (χ0n) is 15.2. The molecule has 0 amide bonds. The third-order valence-corrected chi connectivity index (χ3v) is 6.67. The summed E-state index contributed by atoms with van der Waals surface area (Å²) >= 11 is 1.33. The zero-order valence-corrected chi connectivity index (χ0v) is 16.1. The van der Waals surface area contributed by atoms with E-state index in [1.54, 1.807) is 11.5 Å². The zero-order chi connectivity index (χ0) is 18.5. The van der Waals surface area contributed by atoms with Crippen molar-refractivity contribution < 1.29 is 9.53 Å². The number of thioether (sulfide) groups is 1. The molecule has 0 unspecified atom stereocenters. The molecular formula is C20H22N2O3S. The van der Waals surface area contributed by atoms with Gasteiger partial charge in [-0.1, -0.05) is 49.9 Å². The van der Waals surface area contributed by atoms with Crippen LogP contribution >= 0.6 is 11.8 Å². The van der Waals surface area contributed by atoms with Gasteiger partial charge in [0, 0.05) is 11.0 Å². The highest BCUT2D eigenvalue weighted by atomic mass is 32.2. The molecule has 1 aliphatic carbocycles. The van der Waals surface area contributed by atoms with Crippen LogP contribution in [0.5, 0.6) is 0 Å². The second-order valence-corrected chi connectivity index (χ2v) is 8.31. The van der Waals surface area contributed by atoms with Crippen molar-refractivity contribution in [2.24, 2.45) is 0 Å². The highest BCUT2D eigenvalue weighted by Gasteiger charge is 2.41. The predicted octanol–water partition coefficient (Wildman–Crippen LogP) is 3.17. The Morgan fingerprint density at radius 2 is 2.15 bits per heavy atom. The molecule has 2 aromatic rings. The molecule has 4 rings (SSSR count). The Bertz CT molecular complexity index is 953. The van der Waals surface area contributed by atoms with Gasteiger partial charge in [0.1, 0.15) is 5.25 Å². The van der Waals surface area contributed by atoms with Crippen LogP contribution in [-0.2, 0) is 27.9 Å². The Morgan fingerprint density at radius 1 is 1.38 bits per heavy atom. The monoisotopic (exact) mass is 370 g/mol. The quantitative estimate of drug-likeness (QED) is 0.613. The van der Waals surface area contributed by atoms with E-state index in [1.165, 1.54) is 17.3 Å². The average molecular weight is 370 g/mol. The number of aromatic nitrogens is 2. The van der Waals surface area contributed by atoms with Crippen LogP contribution in [0.4, 0.5) is 0 Å². The van der Waals surface area contributed by atoms with Crippen molar-refractivity contribution in [1.82, 2.24) is 9.55 Å². The molecule has 26 heavy (non-hydrogen) atoms. The van der Waals surface area contributed by atoms with E-state index in [-0.39, 0.29) is 16.9 Å². The number of hydrogen-bond acceptors (Lipinski definition) is 5. The standard InChI is InChI=1S/C20H22N2O3S/c1-4-20(3)10-12-8-6-7-9-13(12)16-15(20)17(23)22-11-14(18(24)25-5-2)26-19(22)21-16/h6-9,14H,4-5,10-11H2,1-3H3/t14-,20+/m1/s1. The lowest BCUT2D eigenvalue weighted by Crippen LogP contribution is -2.39. The first-order valence-corrected chi connectivity index (χ1v) is 9.93. The molecule has 2 aliphatic rings. The first-order valence-electron chi connectivity index (χ1n) is 9.05. The Kier molecular flexibility index (Phi) is 4.18. The van der Waals surface area contributed by atoms with Crippen LogP contribution in [0.3, 0.4) is 0 Å². The Balaban J connectivity index is 1.89. The van der Waals surface area contributed by atoms with Crippen molar-refractivity contribution in [2.75, 3.05) is 6.61 Å². The predicted molar refractivity (Wildman–Crippen MR) is 102 cm³/mol. The summed E-state index contributed by atoms with van der Waals surface area (Å²) in [5, 5.41) is 0.212. The second kappa shape index (κ2) is 6.27. The molecular weight excluding hydrogens is 348 g/mol. The molecule has 0 saturated heterocycles. The van der Waals surface area contributed by atoms with Gasteiger partial charge in [0.15, 0.2) is 5.16 Å². The fraction of sp³-hybridized carbons (Fsp3) is 0.450. The van der Waals surface area contributed by atoms with E-state index in [4.69, 9.17) is 9.72 Å². The Morgan fingerprint density at radius 3 is 2.88 bits per heavy atom. The van der Waals surface area contributed by atoms with Crippen molar-refractivity contribution in [1.29, 1.82) is 0 Å². The molecule has 0 saturated carbocycles. The lowest BCUT2D eigenvalue weighted by molar-refractivity contribution is -0.142. The van der Waals surface area contributed by atoms with Crippen LogP contribution in [0, 0.1) is 0 Å². The third kappa shape index (κ3) is 2.50. The molecule has 2 atom stereocenters. The number of hydrogen-bond donors (Lipinski definition) is 0. The number of nitrogens with zero attached hydrogens (tertiary/aromatic N) is 2. The number of carbonyl (C=O) groups excluding carboxylic acids is 1. The molecule has 2 heterocycles. The molecule has 0 bridgehead atoms. The summed E-state index contributed by atoms with van der Waals surface area (Å²) in [6, 6.07) is 8.17. The number of fused-ring (bicyclic) bond motifs is 4. The minimum atomic E-state index is -0.401. The van der Waals surface area contributed by atoms with Gasteiger partial charge in [-0.3, -0.25) is 14.2 Å². The van der Waals surface area contributed by atoms with Gasteiger partial charge in [0.05, 0.1) is 24.4 Å². The Labute approximate surface area is 156 Å². The largest absolute Gasteiger partial charge is 0.465 e. The SMILES string of the molecule is CCOC(=O)[C@H]1Cn2c(nc3c(c2=O)[C@@](C)(CC)Cc2ccccc2-3)S1. The topological polar surface area (TPSA) is 61.2 Å². The highest BCUT2D eigenvalue weighted by molar-refractivity contribution is 8.00. The van der Waals surface area contributed by atoms with Crippen LogP contribution in [0.2, 0.25) is 0 Å². The summed E-state index contributed by atoms with van der Waals surface area (Å²) in [5.41, 5.74) is 3.57. The summed E-state index contributed by atoms with van der Waals surface area (Å²) in [6.45, 7) is 6.72. The molecule has 1 aromatic heterocycles. The summed E-state index contributed by atoms with van der Waals surface area (Å²) in [7, 11) is 0. The number of esters is 1. The smallest absolute Gasteiger partial charge is 0.321 e. The highest BCUT2D eigenvalue weighted by Crippen LogP contribution is 2.44. The number of carbonyl (C=O) groups is 1. The van der Waals surface area contributed by atoms with E-state index >= 15 is 0 Å². The maximum atomic E-state index is 13.4. The summed E-state index contributed by atoms with van der Waals surface area (Å²) < 4.78 is 6.80. The van der Waals surface area contributed by atoms with E-state index in [9.17, 15) is 9.59 Å². The summed E-state index contributed by atoms with van der Waals surface area (Å²) in [6.07, 6.45) is 1.69. The minimum absolute atomic E-state index is 0.0110. The van der Waals surface area contributed by atoms with Gasteiger partial charge in [-0.05, 0) is 25.3 Å². The molecule has 6 heteroatoms. The fourth-order valence-electron chi connectivity index (χ4n) is 3.93. The van der Waals surface area contributed by atoms with Crippen LogP contribution < -0.4 is 5.56 Å². The molecule has 136 valence electrons. The van der Waals surface area contributed by atoms with E-state index in [0.29, 0.717) is 18.3 Å². The van der Waals surface area contributed by atoms with Crippen molar-refractivity contribution in [3.8, 4) is 11.3 Å². The van der Waals surface area contributed by atoms with Crippen LogP contribution in [0.15, 0.2) is 34.2 Å². The fourth-order valence-corrected chi connectivity index (χ4v) is 5.00. The Hall–Kier alpha value is -2.08. The van der Waals surface area contributed by atoms with Gasteiger partial charge >= 0.3 is 5.97 Å². The van der Waals surface area contributed by atoms with Gasteiger partial charge in [-0.25, -0.2) is 4.98 Å². The van der Waals surface area contributed by atoms with Gasteiger partial charge in [0.25, 0.3) is 5.56 Å². The van der Waals surface area contributed by atoms with E-state index in [0.717, 1.165) is 29.7 Å². The van der Waals surface area contributed by atoms with E-state index in [2.05, 4.69) is 19.9 Å². The first kappa shape index (κ1) is 17.3. The molecule has 0 spiro atoms. The number of benzene rings is 1. The molecule has 1 aromatic carbocycles. The first-order chi connectivity index (χ1) is 12.5. The van der Waals surface area contributed by atoms with Crippen molar-refractivity contribution in [2.45, 2.75) is 56.0 Å². The molecule has 0 N–H and O–H groups in total.